The van der Waals surface area contributed by atoms with Crippen LogP contribution in [0.5, 0.6) is 0 Å². The molecule has 7 heteroatoms. The lowest BCUT2D eigenvalue weighted by Crippen LogP contribution is -2.23. The first-order chi connectivity index (χ1) is 11.4. The van der Waals surface area contributed by atoms with E-state index in [1.165, 1.54) is 6.26 Å². The number of hydrogen-bond donors (Lipinski definition) is 1. The number of hydrogen-bond acceptors (Lipinski definition) is 5. The minimum atomic E-state index is -3.68. The average molecular weight is 346 g/mol. The van der Waals surface area contributed by atoms with Gasteiger partial charge in [0, 0.05) is 11.1 Å². The van der Waals surface area contributed by atoms with Crippen LogP contribution in [-0.4, -0.2) is 13.6 Å². The normalized spacial score (nSPS) is 11.8. The molecule has 2 aromatic heterocycles. The summed E-state index contributed by atoms with van der Waals surface area (Å²) in [5.74, 6) is 1.13. The van der Waals surface area contributed by atoms with Crippen molar-refractivity contribution in [3.8, 4) is 11.3 Å². The van der Waals surface area contributed by atoms with Gasteiger partial charge in [-0.15, -0.1) is 0 Å². The number of furan rings is 1. The fourth-order valence-electron chi connectivity index (χ4n) is 2.37. The molecule has 0 aliphatic carbocycles. The van der Waals surface area contributed by atoms with E-state index < -0.39 is 10.0 Å². The number of aryl methyl sites for hydroxylation is 2. The molecule has 3 aromatic rings. The summed E-state index contributed by atoms with van der Waals surface area (Å²) in [6.07, 6.45) is 1.50. The Morgan fingerprint density at radius 1 is 1.17 bits per heavy atom. The Morgan fingerprint density at radius 2 is 1.96 bits per heavy atom. The lowest BCUT2D eigenvalue weighted by molar-refractivity contribution is 0.426. The summed E-state index contributed by atoms with van der Waals surface area (Å²) >= 11 is 0. The first-order valence-electron chi connectivity index (χ1n) is 7.44. The summed E-state index contributed by atoms with van der Waals surface area (Å²) in [7, 11) is -3.68. The summed E-state index contributed by atoms with van der Waals surface area (Å²) in [6, 6.07) is 8.62. The molecule has 0 radical (unpaired) electrons. The molecule has 1 N–H and O–H groups in total. The highest BCUT2D eigenvalue weighted by atomic mass is 32.2. The van der Waals surface area contributed by atoms with E-state index in [2.05, 4.69) is 9.88 Å². The third-order valence-electron chi connectivity index (χ3n) is 3.91. The molecule has 1 aromatic carbocycles. The first kappa shape index (κ1) is 16.5. The van der Waals surface area contributed by atoms with Gasteiger partial charge in [-0.2, -0.15) is 0 Å². The van der Waals surface area contributed by atoms with Crippen molar-refractivity contribution >= 4 is 10.0 Å². The fourth-order valence-corrected chi connectivity index (χ4v) is 3.63. The minimum absolute atomic E-state index is 0.0967. The van der Waals surface area contributed by atoms with Crippen LogP contribution in [0, 0.1) is 20.8 Å². The highest BCUT2D eigenvalue weighted by Crippen LogP contribution is 2.28. The molecule has 3 rings (SSSR count). The summed E-state index contributed by atoms with van der Waals surface area (Å²) in [4.78, 5) is 0.208. The van der Waals surface area contributed by atoms with Crippen LogP contribution in [-0.2, 0) is 16.6 Å². The first-order valence-corrected chi connectivity index (χ1v) is 8.93. The van der Waals surface area contributed by atoms with E-state index >= 15 is 0 Å². The zero-order chi connectivity index (χ0) is 17.3. The van der Waals surface area contributed by atoms with E-state index in [0.29, 0.717) is 22.6 Å². The van der Waals surface area contributed by atoms with Gasteiger partial charge >= 0.3 is 0 Å². The van der Waals surface area contributed by atoms with Crippen molar-refractivity contribution in [2.45, 2.75) is 32.2 Å². The quantitative estimate of drug-likeness (QED) is 0.766. The molecule has 24 heavy (non-hydrogen) atoms. The molecule has 2 heterocycles. The monoisotopic (exact) mass is 346 g/mol. The second kappa shape index (κ2) is 6.26. The van der Waals surface area contributed by atoms with Gasteiger partial charge in [0.15, 0.2) is 5.76 Å². The Morgan fingerprint density at radius 3 is 2.58 bits per heavy atom. The molecule has 0 amide bonds. The van der Waals surface area contributed by atoms with E-state index in [1.54, 1.807) is 31.2 Å². The molecule has 0 saturated heterocycles. The van der Waals surface area contributed by atoms with Crippen LogP contribution in [0.3, 0.4) is 0 Å². The summed E-state index contributed by atoms with van der Waals surface area (Å²) < 4.78 is 38.3. The second-order valence-electron chi connectivity index (χ2n) is 5.61. The maximum Gasteiger partial charge on any atom is 0.241 e. The summed E-state index contributed by atoms with van der Waals surface area (Å²) in [5.41, 5.74) is 3.01. The highest BCUT2D eigenvalue weighted by molar-refractivity contribution is 7.89. The van der Waals surface area contributed by atoms with Gasteiger partial charge in [0.1, 0.15) is 5.76 Å². The third-order valence-corrected chi connectivity index (χ3v) is 5.46. The number of benzene rings is 1. The van der Waals surface area contributed by atoms with Crippen LogP contribution in [0.2, 0.25) is 0 Å². The van der Waals surface area contributed by atoms with Crippen molar-refractivity contribution in [2.24, 2.45) is 0 Å². The average Bonchev–Trinajstić information content (AvgIpc) is 3.17. The number of sulfonamides is 1. The Balaban J connectivity index is 1.95. The van der Waals surface area contributed by atoms with Crippen LogP contribution in [0.4, 0.5) is 0 Å². The van der Waals surface area contributed by atoms with Crippen molar-refractivity contribution in [1.82, 2.24) is 9.88 Å². The van der Waals surface area contributed by atoms with Crippen LogP contribution < -0.4 is 4.72 Å². The molecule has 0 spiro atoms. The Labute approximate surface area is 140 Å². The molecule has 6 nitrogen and oxygen atoms in total. The van der Waals surface area contributed by atoms with E-state index in [9.17, 15) is 8.42 Å². The topological polar surface area (TPSA) is 85.3 Å². The largest absolute Gasteiger partial charge is 0.468 e. The molecule has 0 bridgehead atoms. The molecule has 0 unspecified atom stereocenters. The van der Waals surface area contributed by atoms with Crippen LogP contribution in [0.15, 0.2) is 50.4 Å². The molecule has 0 saturated carbocycles. The van der Waals surface area contributed by atoms with Crippen molar-refractivity contribution < 1.29 is 17.4 Å². The van der Waals surface area contributed by atoms with Crippen LogP contribution in [0.25, 0.3) is 11.3 Å². The van der Waals surface area contributed by atoms with Gasteiger partial charge in [-0.05, 0) is 44.5 Å². The standard InChI is InChI=1S/C17H18N2O4S/c1-11-6-7-14(17-12(2)13(3)19-23-17)9-16(11)24(20,21)18-10-15-5-4-8-22-15/h4-9,18H,10H2,1-3H3. The van der Waals surface area contributed by atoms with Crippen molar-refractivity contribution in [3.05, 3.63) is 59.2 Å². The van der Waals surface area contributed by atoms with Gasteiger partial charge in [-0.3, -0.25) is 0 Å². The highest BCUT2D eigenvalue weighted by Gasteiger charge is 2.20. The van der Waals surface area contributed by atoms with Crippen LogP contribution in [0.1, 0.15) is 22.6 Å². The Hall–Kier alpha value is -2.38. The Kier molecular flexibility index (Phi) is 4.29. The van der Waals surface area contributed by atoms with E-state index in [4.69, 9.17) is 8.94 Å². The zero-order valence-electron chi connectivity index (χ0n) is 13.7. The SMILES string of the molecule is Cc1ccc(-c2onc(C)c2C)cc1S(=O)(=O)NCc1ccco1. The van der Waals surface area contributed by atoms with Gasteiger partial charge in [-0.1, -0.05) is 17.3 Å². The molecular weight excluding hydrogens is 328 g/mol. The molecule has 0 aliphatic heterocycles. The van der Waals surface area contributed by atoms with E-state index in [-0.39, 0.29) is 11.4 Å². The number of nitrogens with zero attached hydrogens (tertiary/aromatic N) is 1. The predicted molar refractivity (Wildman–Crippen MR) is 88.9 cm³/mol. The van der Waals surface area contributed by atoms with Gasteiger partial charge in [0.2, 0.25) is 10.0 Å². The smallest absolute Gasteiger partial charge is 0.241 e. The molecule has 0 fully saturated rings. The lowest BCUT2D eigenvalue weighted by atomic mass is 10.1. The second-order valence-corrected chi connectivity index (χ2v) is 7.34. The molecule has 0 aliphatic rings. The predicted octanol–water partition coefficient (Wildman–Crippen LogP) is 3.34. The summed E-state index contributed by atoms with van der Waals surface area (Å²) in [5, 5.41) is 3.92. The Bertz CT molecular complexity index is 957. The van der Waals surface area contributed by atoms with Crippen molar-refractivity contribution in [3.63, 3.8) is 0 Å². The molecular formula is C17H18N2O4S. The minimum Gasteiger partial charge on any atom is -0.468 e. The van der Waals surface area contributed by atoms with Gasteiger partial charge < -0.3 is 8.94 Å². The van der Waals surface area contributed by atoms with Crippen molar-refractivity contribution in [2.75, 3.05) is 0 Å². The molecule has 0 atom stereocenters. The molecule has 126 valence electrons. The zero-order valence-corrected chi connectivity index (χ0v) is 14.5. The van der Waals surface area contributed by atoms with Crippen LogP contribution >= 0.6 is 0 Å². The lowest BCUT2D eigenvalue weighted by Gasteiger charge is -2.10. The maximum absolute atomic E-state index is 12.6. The fraction of sp³-hybridized carbons (Fsp3) is 0.235. The van der Waals surface area contributed by atoms with Crippen molar-refractivity contribution in [1.29, 1.82) is 0 Å². The van der Waals surface area contributed by atoms with E-state index in [0.717, 1.165) is 11.3 Å². The van der Waals surface area contributed by atoms with Gasteiger partial charge in [0.05, 0.1) is 23.4 Å². The maximum atomic E-state index is 12.6. The number of nitrogens with one attached hydrogen (secondary N) is 1. The summed E-state index contributed by atoms with van der Waals surface area (Å²) in [6.45, 7) is 5.59. The third kappa shape index (κ3) is 3.13. The number of aromatic nitrogens is 1. The number of rotatable bonds is 5. The van der Waals surface area contributed by atoms with E-state index in [1.807, 2.05) is 19.9 Å². The van der Waals surface area contributed by atoms with Gasteiger partial charge in [0.25, 0.3) is 0 Å². The van der Waals surface area contributed by atoms with Gasteiger partial charge in [-0.25, -0.2) is 13.1 Å².